The van der Waals surface area contributed by atoms with Crippen molar-refractivity contribution >= 4 is 23.4 Å². The lowest BCUT2D eigenvalue weighted by Crippen LogP contribution is -2.03. The van der Waals surface area contributed by atoms with E-state index in [1.54, 1.807) is 11.3 Å². The molecule has 3 N–H and O–H groups in total. The lowest BCUT2D eigenvalue weighted by atomic mass is 10.2. The second kappa shape index (κ2) is 4.67. The average molecular weight is 195 g/mol. The minimum atomic E-state index is 0.621. The summed E-state index contributed by atoms with van der Waals surface area (Å²) in [4.78, 5) is 5.13. The lowest BCUT2D eigenvalue weighted by Gasteiger charge is -2.03. The summed E-state index contributed by atoms with van der Waals surface area (Å²) in [7, 11) is 1.86. The number of nitrogens with zero attached hydrogens (tertiary/aromatic N) is 1. The molecule has 0 saturated carbocycles. The first-order valence-corrected chi connectivity index (χ1v) is 4.81. The van der Waals surface area contributed by atoms with Crippen LogP contribution in [0.1, 0.15) is 10.4 Å². The molecule has 0 radical (unpaired) electrons. The summed E-state index contributed by atoms with van der Waals surface area (Å²) >= 11 is 1.66. The number of hydrogen-bond acceptors (Lipinski definition) is 3. The monoisotopic (exact) mass is 195 g/mol. The summed E-state index contributed by atoms with van der Waals surface area (Å²) in [5, 5.41) is 5.04. The molecule has 4 heteroatoms. The fourth-order valence-corrected chi connectivity index (χ4v) is 1.89. The minimum Gasteiger partial charge on any atom is -0.390 e. The van der Waals surface area contributed by atoms with E-state index in [9.17, 15) is 0 Å². The fourth-order valence-electron chi connectivity index (χ4n) is 0.990. The van der Waals surface area contributed by atoms with Gasteiger partial charge >= 0.3 is 0 Å². The molecule has 1 aromatic rings. The van der Waals surface area contributed by atoms with Crippen LogP contribution in [-0.2, 0) is 6.54 Å². The van der Waals surface area contributed by atoms with Gasteiger partial charge in [0.05, 0.1) is 17.8 Å². The Kier molecular flexibility index (Phi) is 3.52. The third-order valence-corrected chi connectivity index (χ3v) is 2.71. The zero-order chi connectivity index (χ0) is 9.68. The highest BCUT2D eigenvalue weighted by molar-refractivity contribution is 7.11. The van der Waals surface area contributed by atoms with Crippen LogP contribution in [0.15, 0.2) is 23.0 Å². The average Bonchev–Trinajstić information content (AvgIpc) is 2.61. The van der Waals surface area contributed by atoms with E-state index < -0.39 is 0 Å². The fraction of sp³-hybridized carbons (Fsp3) is 0.222. The highest BCUT2D eigenvalue weighted by atomic mass is 32.1. The van der Waals surface area contributed by atoms with Gasteiger partial charge in [-0.05, 0) is 17.0 Å². The van der Waals surface area contributed by atoms with E-state index in [1.165, 1.54) is 6.34 Å². The standard InChI is InChI=1S/C9H13N3S/c1-7(11-2)9-8(3-4-13-9)5-12-6-10/h3-4,6,11H,1,5H2,2H3,(H2,10,12). The number of nitrogens with two attached hydrogens (primary N) is 1. The molecule has 70 valence electrons. The summed E-state index contributed by atoms with van der Waals surface area (Å²) in [5.41, 5.74) is 7.26. The lowest BCUT2D eigenvalue weighted by molar-refractivity contribution is 1.06. The normalized spacial score (nSPS) is 10.5. The molecule has 1 aromatic heterocycles. The summed E-state index contributed by atoms with van der Waals surface area (Å²) in [5.74, 6) is 0. The van der Waals surface area contributed by atoms with Crippen LogP contribution in [0.4, 0.5) is 0 Å². The van der Waals surface area contributed by atoms with E-state index in [2.05, 4.69) is 16.9 Å². The third-order valence-electron chi connectivity index (χ3n) is 1.69. The van der Waals surface area contributed by atoms with Crippen molar-refractivity contribution in [2.75, 3.05) is 7.05 Å². The molecule has 0 amide bonds. The first kappa shape index (κ1) is 9.80. The first-order chi connectivity index (χ1) is 6.29. The summed E-state index contributed by atoms with van der Waals surface area (Å²) in [6.45, 7) is 4.52. The van der Waals surface area contributed by atoms with Gasteiger partial charge in [0.1, 0.15) is 0 Å². The van der Waals surface area contributed by atoms with Crippen molar-refractivity contribution in [2.45, 2.75) is 6.54 Å². The predicted octanol–water partition coefficient (Wildman–Crippen LogP) is 1.43. The van der Waals surface area contributed by atoms with Crippen molar-refractivity contribution in [1.29, 1.82) is 0 Å². The number of aliphatic imine (C=N–C) groups is 1. The van der Waals surface area contributed by atoms with Gasteiger partial charge in [0.15, 0.2) is 0 Å². The Morgan fingerprint density at radius 2 is 2.62 bits per heavy atom. The Hall–Kier alpha value is -1.29. The Morgan fingerprint density at radius 3 is 3.23 bits per heavy atom. The molecule has 0 fully saturated rings. The molecule has 0 aromatic carbocycles. The van der Waals surface area contributed by atoms with Crippen molar-refractivity contribution in [3.05, 3.63) is 28.5 Å². The maximum atomic E-state index is 5.18. The molecule has 1 rings (SSSR count). The molecule has 0 unspecified atom stereocenters. The van der Waals surface area contributed by atoms with Gasteiger partial charge in [-0.1, -0.05) is 6.58 Å². The SMILES string of the molecule is C=C(NC)c1sccc1CN=CN. The number of hydrogen-bond donors (Lipinski definition) is 2. The second-order valence-electron chi connectivity index (χ2n) is 2.49. The van der Waals surface area contributed by atoms with Crippen LogP contribution < -0.4 is 11.1 Å². The number of thiophene rings is 1. The smallest absolute Gasteiger partial charge is 0.0801 e. The molecule has 0 spiro atoms. The van der Waals surface area contributed by atoms with E-state index in [0.29, 0.717) is 6.54 Å². The molecule has 0 aliphatic rings. The van der Waals surface area contributed by atoms with Crippen LogP contribution >= 0.6 is 11.3 Å². The van der Waals surface area contributed by atoms with E-state index in [0.717, 1.165) is 16.1 Å². The highest BCUT2D eigenvalue weighted by Gasteiger charge is 2.04. The molecule has 0 aliphatic heterocycles. The molecule has 0 bridgehead atoms. The zero-order valence-corrected chi connectivity index (χ0v) is 8.40. The third kappa shape index (κ3) is 2.32. The van der Waals surface area contributed by atoms with Gasteiger partial charge in [0.25, 0.3) is 0 Å². The quantitative estimate of drug-likeness (QED) is 0.564. The molecular formula is C9H13N3S. The van der Waals surface area contributed by atoms with Gasteiger partial charge in [-0.15, -0.1) is 11.3 Å². The molecule has 0 aliphatic carbocycles. The Bertz CT molecular complexity index is 314. The Morgan fingerprint density at radius 1 is 1.85 bits per heavy atom. The number of nitrogens with one attached hydrogen (secondary N) is 1. The van der Waals surface area contributed by atoms with Gasteiger partial charge in [-0.3, -0.25) is 4.99 Å². The largest absolute Gasteiger partial charge is 0.390 e. The predicted molar refractivity (Wildman–Crippen MR) is 58.8 cm³/mol. The van der Waals surface area contributed by atoms with E-state index in [4.69, 9.17) is 5.73 Å². The van der Waals surface area contributed by atoms with Crippen LogP contribution in [-0.4, -0.2) is 13.4 Å². The Balaban J connectivity index is 2.82. The van der Waals surface area contributed by atoms with Gasteiger partial charge in [-0.2, -0.15) is 0 Å². The van der Waals surface area contributed by atoms with Gasteiger partial charge < -0.3 is 11.1 Å². The first-order valence-electron chi connectivity index (χ1n) is 3.93. The van der Waals surface area contributed by atoms with Crippen LogP contribution in [0.25, 0.3) is 5.70 Å². The van der Waals surface area contributed by atoms with E-state index in [1.807, 2.05) is 18.5 Å². The van der Waals surface area contributed by atoms with Gasteiger partial charge in [0, 0.05) is 12.7 Å². The highest BCUT2D eigenvalue weighted by Crippen LogP contribution is 2.22. The molecule has 3 nitrogen and oxygen atoms in total. The number of rotatable bonds is 4. The summed E-state index contributed by atoms with van der Waals surface area (Å²) < 4.78 is 0. The van der Waals surface area contributed by atoms with Crippen LogP contribution in [0, 0.1) is 0 Å². The summed E-state index contributed by atoms with van der Waals surface area (Å²) in [6, 6.07) is 2.04. The zero-order valence-electron chi connectivity index (χ0n) is 7.58. The van der Waals surface area contributed by atoms with Crippen LogP contribution in [0.5, 0.6) is 0 Å². The van der Waals surface area contributed by atoms with Crippen molar-refractivity contribution in [3.8, 4) is 0 Å². The molecular weight excluding hydrogens is 182 g/mol. The molecule has 0 saturated heterocycles. The topological polar surface area (TPSA) is 50.4 Å². The maximum Gasteiger partial charge on any atom is 0.0801 e. The molecule has 0 atom stereocenters. The molecule has 13 heavy (non-hydrogen) atoms. The Labute approximate surface area is 82.0 Å². The summed E-state index contributed by atoms with van der Waals surface area (Å²) in [6.07, 6.45) is 1.32. The molecule has 1 heterocycles. The van der Waals surface area contributed by atoms with Crippen molar-refractivity contribution < 1.29 is 0 Å². The van der Waals surface area contributed by atoms with E-state index >= 15 is 0 Å². The van der Waals surface area contributed by atoms with Crippen LogP contribution in [0.2, 0.25) is 0 Å². The van der Waals surface area contributed by atoms with E-state index in [-0.39, 0.29) is 0 Å². The van der Waals surface area contributed by atoms with Gasteiger partial charge in [0.2, 0.25) is 0 Å². The van der Waals surface area contributed by atoms with Crippen molar-refractivity contribution in [2.24, 2.45) is 10.7 Å². The van der Waals surface area contributed by atoms with Crippen molar-refractivity contribution in [3.63, 3.8) is 0 Å². The van der Waals surface area contributed by atoms with Gasteiger partial charge in [-0.25, -0.2) is 0 Å². The second-order valence-corrected chi connectivity index (χ2v) is 3.41. The van der Waals surface area contributed by atoms with Crippen molar-refractivity contribution in [1.82, 2.24) is 5.32 Å². The van der Waals surface area contributed by atoms with Crippen LogP contribution in [0.3, 0.4) is 0 Å². The maximum absolute atomic E-state index is 5.18. The minimum absolute atomic E-state index is 0.621.